The van der Waals surface area contributed by atoms with Crippen molar-refractivity contribution in [1.82, 2.24) is 4.98 Å². The molecule has 7 heteroatoms. The second-order valence-corrected chi connectivity index (χ2v) is 6.64. The zero-order valence-electron chi connectivity index (χ0n) is 13.8. The molecule has 2 aromatic heterocycles. The minimum atomic E-state index is -0.385. The minimum Gasteiger partial charge on any atom is -0.462 e. The summed E-state index contributed by atoms with van der Waals surface area (Å²) in [5, 5.41) is 0.883. The molecule has 0 aliphatic carbocycles. The summed E-state index contributed by atoms with van der Waals surface area (Å²) < 4.78 is 11.6. The van der Waals surface area contributed by atoms with Gasteiger partial charge in [0, 0.05) is 11.6 Å². The van der Waals surface area contributed by atoms with E-state index in [-0.39, 0.29) is 11.4 Å². The summed E-state index contributed by atoms with van der Waals surface area (Å²) in [5.74, 6) is 0.0407. The quantitative estimate of drug-likeness (QED) is 0.554. The topological polar surface area (TPSA) is 95.4 Å². The molecule has 0 fully saturated rings. The van der Waals surface area contributed by atoms with Crippen LogP contribution in [0.15, 0.2) is 51.7 Å². The van der Waals surface area contributed by atoms with Crippen LogP contribution >= 0.6 is 11.3 Å². The van der Waals surface area contributed by atoms with E-state index in [0.717, 1.165) is 4.70 Å². The van der Waals surface area contributed by atoms with Crippen LogP contribution in [0.3, 0.4) is 0 Å². The summed E-state index contributed by atoms with van der Waals surface area (Å²) in [7, 11) is 0. The number of rotatable bonds is 3. The highest BCUT2D eigenvalue weighted by molar-refractivity contribution is 7.22. The fourth-order valence-electron chi connectivity index (χ4n) is 2.78. The number of aromatic nitrogens is 1. The van der Waals surface area contributed by atoms with Crippen molar-refractivity contribution in [2.75, 3.05) is 12.3 Å². The number of benzene rings is 2. The van der Waals surface area contributed by atoms with Gasteiger partial charge in [0.25, 0.3) is 0 Å². The van der Waals surface area contributed by atoms with E-state index in [1.165, 1.54) is 17.4 Å². The van der Waals surface area contributed by atoms with Crippen LogP contribution in [-0.2, 0) is 4.74 Å². The second-order valence-electron chi connectivity index (χ2n) is 5.61. The normalized spacial score (nSPS) is 11.1. The first-order valence-electron chi connectivity index (χ1n) is 7.97. The number of carbonyl (C=O) groups is 1. The number of carbonyl (C=O) groups excluding carboxylic acids is 1. The maximum Gasteiger partial charge on any atom is 0.338 e. The maximum absolute atomic E-state index is 12.7. The molecular formula is C19H14N2O4S. The van der Waals surface area contributed by atoms with Crippen LogP contribution in [0.4, 0.5) is 5.13 Å². The van der Waals surface area contributed by atoms with Gasteiger partial charge < -0.3 is 14.9 Å². The molecule has 0 atom stereocenters. The van der Waals surface area contributed by atoms with Crippen LogP contribution in [0.1, 0.15) is 17.3 Å². The van der Waals surface area contributed by atoms with Gasteiger partial charge >= 0.3 is 5.97 Å². The van der Waals surface area contributed by atoms with Crippen LogP contribution in [0.25, 0.3) is 32.5 Å². The molecule has 0 saturated carbocycles. The summed E-state index contributed by atoms with van der Waals surface area (Å²) in [6.07, 6.45) is 0. The predicted octanol–water partition coefficient (Wildman–Crippen LogP) is 3.83. The van der Waals surface area contributed by atoms with E-state index in [2.05, 4.69) is 4.98 Å². The first kappa shape index (κ1) is 16.3. The van der Waals surface area contributed by atoms with Gasteiger partial charge in [-0.25, -0.2) is 9.78 Å². The van der Waals surface area contributed by atoms with Gasteiger partial charge in [-0.3, -0.25) is 4.79 Å². The molecule has 26 heavy (non-hydrogen) atoms. The van der Waals surface area contributed by atoms with Crippen LogP contribution in [0.2, 0.25) is 0 Å². The van der Waals surface area contributed by atoms with E-state index in [1.807, 2.05) is 0 Å². The molecule has 0 aliphatic rings. The molecule has 0 unspecified atom stereocenters. The van der Waals surface area contributed by atoms with Crippen molar-refractivity contribution in [3.63, 3.8) is 0 Å². The Morgan fingerprint density at radius 1 is 1.23 bits per heavy atom. The number of nitrogens with zero attached hydrogens (tertiary/aromatic N) is 1. The number of thiazole rings is 1. The maximum atomic E-state index is 12.7. The number of ether oxygens (including phenoxy) is 1. The Balaban J connectivity index is 1.81. The van der Waals surface area contributed by atoms with Crippen molar-refractivity contribution < 1.29 is 13.9 Å². The molecule has 0 bridgehead atoms. The highest BCUT2D eigenvalue weighted by Gasteiger charge is 2.13. The fraction of sp³-hybridized carbons (Fsp3) is 0.105. The molecule has 6 nitrogen and oxygen atoms in total. The third kappa shape index (κ3) is 2.72. The van der Waals surface area contributed by atoms with Gasteiger partial charge in [-0.2, -0.15) is 0 Å². The summed E-state index contributed by atoms with van der Waals surface area (Å²) >= 11 is 1.26. The van der Waals surface area contributed by atoms with Crippen LogP contribution in [0, 0.1) is 0 Å². The average Bonchev–Trinajstić information content (AvgIpc) is 3.02. The summed E-state index contributed by atoms with van der Waals surface area (Å²) in [5.41, 5.74) is 7.88. The highest BCUT2D eigenvalue weighted by atomic mass is 32.1. The molecular weight excluding hydrogens is 352 g/mol. The Hall–Kier alpha value is -3.19. The molecule has 4 rings (SSSR count). The second kappa shape index (κ2) is 6.27. The van der Waals surface area contributed by atoms with Gasteiger partial charge in [0.2, 0.25) is 0 Å². The van der Waals surface area contributed by atoms with Crippen molar-refractivity contribution in [3.05, 3.63) is 58.3 Å². The Kier molecular flexibility index (Phi) is 3.93. The molecule has 130 valence electrons. The van der Waals surface area contributed by atoms with Gasteiger partial charge in [-0.15, -0.1) is 0 Å². The van der Waals surface area contributed by atoms with Gasteiger partial charge in [0.1, 0.15) is 11.3 Å². The number of fused-ring (bicyclic) bond motifs is 3. The van der Waals surface area contributed by atoms with Crippen LogP contribution < -0.4 is 11.2 Å². The molecule has 2 N–H and O–H groups in total. The Labute approximate surface area is 151 Å². The number of esters is 1. The van der Waals surface area contributed by atoms with Crippen LogP contribution in [0.5, 0.6) is 0 Å². The number of nitrogen functional groups attached to an aromatic ring is 1. The van der Waals surface area contributed by atoms with E-state index >= 15 is 0 Å². The minimum absolute atomic E-state index is 0.162. The zero-order valence-corrected chi connectivity index (χ0v) is 14.6. The van der Waals surface area contributed by atoms with E-state index in [9.17, 15) is 9.59 Å². The molecule has 0 saturated heterocycles. The largest absolute Gasteiger partial charge is 0.462 e. The Bertz CT molecular complexity index is 1190. The van der Waals surface area contributed by atoms with Gasteiger partial charge in [-0.1, -0.05) is 23.5 Å². The molecule has 0 amide bonds. The van der Waals surface area contributed by atoms with Crippen LogP contribution in [-0.4, -0.2) is 17.6 Å². The number of nitrogens with two attached hydrogens (primary N) is 1. The fourth-order valence-corrected chi connectivity index (χ4v) is 3.65. The van der Waals surface area contributed by atoms with Gasteiger partial charge in [0.15, 0.2) is 10.6 Å². The zero-order chi connectivity index (χ0) is 18.3. The molecule has 2 aromatic carbocycles. The Morgan fingerprint density at radius 2 is 2.00 bits per heavy atom. The van der Waals surface area contributed by atoms with E-state index < -0.39 is 0 Å². The van der Waals surface area contributed by atoms with Gasteiger partial charge in [-0.05, 0) is 31.2 Å². The first-order valence-corrected chi connectivity index (χ1v) is 8.79. The standard InChI is InChI=1S/C19H14N2O4S/c1-2-24-18(23)11-5-3-10(4-6-11)15-9-13(22)16-14(25-15)8-7-12-17(16)26-19(20)21-12/h3-9H,2H2,1H3,(H2,20,21). The van der Waals surface area contributed by atoms with Crippen molar-refractivity contribution in [3.8, 4) is 11.3 Å². The lowest BCUT2D eigenvalue weighted by molar-refractivity contribution is 0.0526. The molecule has 0 spiro atoms. The molecule has 0 radical (unpaired) electrons. The van der Waals surface area contributed by atoms with E-state index in [0.29, 0.717) is 45.1 Å². The molecule has 0 aliphatic heterocycles. The Morgan fingerprint density at radius 3 is 2.73 bits per heavy atom. The van der Waals surface area contributed by atoms with E-state index in [1.54, 1.807) is 43.3 Å². The smallest absolute Gasteiger partial charge is 0.338 e. The number of anilines is 1. The summed E-state index contributed by atoms with van der Waals surface area (Å²) in [6.45, 7) is 2.07. The molecule has 2 heterocycles. The molecule has 4 aromatic rings. The summed E-state index contributed by atoms with van der Waals surface area (Å²) in [4.78, 5) is 28.6. The van der Waals surface area contributed by atoms with Crippen molar-refractivity contribution in [1.29, 1.82) is 0 Å². The lowest BCUT2D eigenvalue weighted by atomic mass is 10.1. The van der Waals surface area contributed by atoms with E-state index in [4.69, 9.17) is 14.9 Å². The van der Waals surface area contributed by atoms with Crippen molar-refractivity contribution in [2.24, 2.45) is 0 Å². The third-order valence-electron chi connectivity index (χ3n) is 3.95. The third-order valence-corrected chi connectivity index (χ3v) is 4.86. The monoisotopic (exact) mass is 366 g/mol. The van der Waals surface area contributed by atoms with Crippen molar-refractivity contribution in [2.45, 2.75) is 6.92 Å². The lowest BCUT2D eigenvalue weighted by Crippen LogP contribution is -2.04. The van der Waals surface area contributed by atoms with Gasteiger partial charge in [0.05, 0.1) is 27.8 Å². The summed E-state index contributed by atoms with van der Waals surface area (Å²) in [6, 6.07) is 11.7. The number of hydrogen-bond donors (Lipinski definition) is 1. The number of hydrogen-bond acceptors (Lipinski definition) is 7. The predicted molar refractivity (Wildman–Crippen MR) is 101 cm³/mol. The SMILES string of the molecule is CCOC(=O)c1ccc(-c2cc(=O)c3c(ccc4nc(N)sc43)o2)cc1. The average molecular weight is 366 g/mol. The lowest BCUT2D eigenvalue weighted by Gasteiger charge is -2.05. The first-order chi connectivity index (χ1) is 12.6. The highest BCUT2D eigenvalue weighted by Crippen LogP contribution is 2.31. The van der Waals surface area contributed by atoms with Crippen molar-refractivity contribution >= 4 is 43.6 Å².